The molecule has 3 aromatic rings. The van der Waals surface area contributed by atoms with Crippen molar-refractivity contribution in [2.45, 2.75) is 19.5 Å². The maximum absolute atomic E-state index is 14.0. The molecule has 8 heteroatoms. The first-order valence-corrected chi connectivity index (χ1v) is 9.92. The summed E-state index contributed by atoms with van der Waals surface area (Å²) < 4.78 is 14.0. The minimum absolute atomic E-state index is 0.00617. The molecule has 2 N–H and O–H groups in total. The number of aromatic nitrogens is 1. The number of amides is 2. The highest BCUT2D eigenvalue weighted by atomic mass is 32.1. The fourth-order valence-electron chi connectivity index (χ4n) is 3.48. The van der Waals surface area contributed by atoms with Gasteiger partial charge in [0.05, 0.1) is 5.56 Å². The number of fused-ring (bicyclic) bond motifs is 1. The normalized spacial score (nSPS) is 13.4. The number of hydrogen-bond acceptors (Lipinski definition) is 5. The zero-order valence-electron chi connectivity index (χ0n) is 15.8. The number of halogens is 1. The highest BCUT2D eigenvalue weighted by Gasteiger charge is 2.40. The molecule has 0 aliphatic carbocycles. The molecule has 150 valence electrons. The van der Waals surface area contributed by atoms with E-state index in [1.54, 1.807) is 30.5 Å². The van der Waals surface area contributed by atoms with Gasteiger partial charge in [-0.15, -0.1) is 17.3 Å². The Kier molecular flexibility index (Phi) is 5.21. The molecule has 0 spiro atoms. The van der Waals surface area contributed by atoms with Gasteiger partial charge in [0.25, 0.3) is 11.8 Å². The van der Waals surface area contributed by atoms with Gasteiger partial charge in [-0.05, 0) is 36.8 Å². The second-order valence-corrected chi connectivity index (χ2v) is 7.47. The maximum atomic E-state index is 14.0. The monoisotopic (exact) mass is 421 g/mol. The van der Waals surface area contributed by atoms with E-state index < -0.39 is 23.7 Å². The van der Waals surface area contributed by atoms with E-state index in [4.69, 9.17) is 0 Å². The minimum atomic E-state index is -1.26. The molecule has 1 aliphatic rings. The van der Waals surface area contributed by atoms with Gasteiger partial charge >= 0.3 is 0 Å². The van der Waals surface area contributed by atoms with Crippen LogP contribution in [0, 0.1) is 17.7 Å². The van der Waals surface area contributed by atoms with Crippen LogP contribution in [0.25, 0.3) is 0 Å². The maximum Gasteiger partial charge on any atom is 0.256 e. The number of carbonyl (C=O) groups is 2. The van der Waals surface area contributed by atoms with E-state index in [0.717, 1.165) is 18.2 Å². The van der Waals surface area contributed by atoms with Crippen LogP contribution >= 0.6 is 11.3 Å². The molecular weight excluding hydrogens is 405 g/mol. The molecular formula is C22H16FN3O3S. The first-order valence-electron chi connectivity index (χ1n) is 9.04. The van der Waals surface area contributed by atoms with E-state index in [1.165, 1.54) is 22.4 Å². The zero-order chi connectivity index (χ0) is 21.3. The Labute approximate surface area is 176 Å². The number of rotatable bonds is 4. The lowest BCUT2D eigenvalue weighted by molar-refractivity contribution is -0.120. The fourth-order valence-corrected chi connectivity index (χ4v) is 4.02. The van der Waals surface area contributed by atoms with Crippen molar-refractivity contribution in [3.8, 4) is 17.6 Å². The number of phenolic OH excluding ortho intramolecular Hbond substituents is 1. The van der Waals surface area contributed by atoms with Crippen molar-refractivity contribution in [2.24, 2.45) is 0 Å². The van der Waals surface area contributed by atoms with Crippen molar-refractivity contribution in [1.82, 2.24) is 9.88 Å². The number of hydrogen-bond donors (Lipinski definition) is 2. The number of aromatic hydroxyl groups is 1. The van der Waals surface area contributed by atoms with Gasteiger partial charge in [-0.25, -0.2) is 9.37 Å². The first-order chi connectivity index (χ1) is 14.5. The van der Waals surface area contributed by atoms with Gasteiger partial charge in [-0.2, -0.15) is 0 Å². The molecule has 6 nitrogen and oxygen atoms in total. The summed E-state index contributed by atoms with van der Waals surface area (Å²) in [5, 5.41) is 15.0. The quantitative estimate of drug-likeness (QED) is 0.630. The summed E-state index contributed by atoms with van der Waals surface area (Å²) in [5.41, 5.74) is 1.68. The molecule has 0 saturated heterocycles. The molecule has 2 aromatic carbocycles. The van der Waals surface area contributed by atoms with Crippen molar-refractivity contribution < 1.29 is 19.1 Å². The molecule has 4 rings (SSSR count). The molecule has 0 bridgehead atoms. The Bertz CT molecular complexity index is 1200. The van der Waals surface area contributed by atoms with Crippen LogP contribution in [-0.2, 0) is 11.3 Å². The Morgan fingerprint density at radius 2 is 2.20 bits per heavy atom. The topological polar surface area (TPSA) is 82.5 Å². The summed E-state index contributed by atoms with van der Waals surface area (Å²) >= 11 is 1.21. The van der Waals surface area contributed by atoms with Gasteiger partial charge < -0.3 is 10.0 Å². The van der Waals surface area contributed by atoms with Gasteiger partial charge in [-0.3, -0.25) is 14.9 Å². The molecule has 30 heavy (non-hydrogen) atoms. The van der Waals surface area contributed by atoms with Crippen LogP contribution in [0.2, 0.25) is 0 Å². The summed E-state index contributed by atoms with van der Waals surface area (Å²) in [7, 11) is 0. The molecule has 1 aliphatic heterocycles. The molecule has 1 atom stereocenters. The highest BCUT2D eigenvalue weighted by molar-refractivity contribution is 7.13. The van der Waals surface area contributed by atoms with Crippen LogP contribution < -0.4 is 5.32 Å². The summed E-state index contributed by atoms with van der Waals surface area (Å²) in [4.78, 5) is 31.8. The van der Waals surface area contributed by atoms with Crippen molar-refractivity contribution in [3.05, 3.63) is 76.0 Å². The van der Waals surface area contributed by atoms with E-state index in [-0.39, 0.29) is 17.9 Å². The predicted octanol–water partition coefficient (Wildman–Crippen LogP) is 3.70. The van der Waals surface area contributed by atoms with Crippen LogP contribution in [-0.4, -0.2) is 26.8 Å². The Hall–Kier alpha value is -3.70. The lowest BCUT2D eigenvalue weighted by Crippen LogP contribution is -2.37. The third-order valence-electron chi connectivity index (χ3n) is 4.73. The Morgan fingerprint density at radius 1 is 1.37 bits per heavy atom. The van der Waals surface area contributed by atoms with E-state index in [2.05, 4.69) is 22.1 Å². The van der Waals surface area contributed by atoms with Gasteiger partial charge in [-0.1, -0.05) is 18.1 Å². The second-order valence-electron chi connectivity index (χ2n) is 6.58. The first kappa shape index (κ1) is 19.6. The van der Waals surface area contributed by atoms with E-state index in [0.29, 0.717) is 21.8 Å². The van der Waals surface area contributed by atoms with E-state index in [1.807, 2.05) is 0 Å². The lowest BCUT2D eigenvalue weighted by Gasteiger charge is -2.27. The summed E-state index contributed by atoms with van der Waals surface area (Å²) in [6, 6.07) is 7.37. The van der Waals surface area contributed by atoms with Crippen molar-refractivity contribution in [1.29, 1.82) is 0 Å². The summed E-state index contributed by atoms with van der Waals surface area (Å²) in [6.07, 6.45) is 1.53. The standard InChI is InChI=1S/C22H16FN3O3S/c1-2-4-13-5-3-6-14-12-26(21(29)18(13)14)19(16-11-15(23)7-8-17(16)27)20(28)25-22-24-9-10-30-22/h3,5-11,19,27H,12H2,1H3,(H,24,25,28)/t19-/m1/s1. The average molecular weight is 421 g/mol. The van der Waals surface area contributed by atoms with Crippen LogP contribution in [0.1, 0.15) is 40.0 Å². The van der Waals surface area contributed by atoms with E-state index in [9.17, 15) is 19.1 Å². The number of phenols is 1. The van der Waals surface area contributed by atoms with Gasteiger partial charge in [0.15, 0.2) is 5.13 Å². The number of benzene rings is 2. The van der Waals surface area contributed by atoms with Crippen LogP contribution in [0.15, 0.2) is 48.0 Å². The minimum Gasteiger partial charge on any atom is -0.508 e. The fraction of sp³-hybridized carbons (Fsp3) is 0.136. The molecule has 1 aromatic heterocycles. The van der Waals surface area contributed by atoms with Gasteiger partial charge in [0, 0.05) is 29.2 Å². The van der Waals surface area contributed by atoms with Gasteiger partial charge in [0.1, 0.15) is 17.6 Å². The lowest BCUT2D eigenvalue weighted by atomic mass is 10.0. The second kappa shape index (κ2) is 7.97. The van der Waals surface area contributed by atoms with Gasteiger partial charge in [0.2, 0.25) is 0 Å². The van der Waals surface area contributed by atoms with E-state index >= 15 is 0 Å². The zero-order valence-corrected chi connectivity index (χ0v) is 16.7. The highest BCUT2D eigenvalue weighted by Crippen LogP contribution is 2.37. The number of carbonyl (C=O) groups excluding carboxylic acids is 2. The molecule has 0 unspecified atom stereocenters. The SMILES string of the molecule is CC#Cc1cccc2c1C(=O)N([C@@H](C(=O)Nc1nccs1)c1cc(F)ccc1O)C2. The number of thiazole rings is 1. The molecule has 2 heterocycles. The summed E-state index contributed by atoms with van der Waals surface area (Å²) in [6.45, 7) is 1.80. The molecule has 0 fully saturated rings. The van der Waals surface area contributed by atoms with Crippen LogP contribution in [0.3, 0.4) is 0 Å². The van der Waals surface area contributed by atoms with Crippen molar-refractivity contribution >= 4 is 28.3 Å². The Morgan fingerprint density at radius 3 is 2.93 bits per heavy atom. The summed E-state index contributed by atoms with van der Waals surface area (Å²) in [5.74, 6) is 3.77. The predicted molar refractivity (Wildman–Crippen MR) is 110 cm³/mol. The van der Waals surface area contributed by atoms with Crippen LogP contribution in [0.4, 0.5) is 9.52 Å². The molecule has 0 radical (unpaired) electrons. The smallest absolute Gasteiger partial charge is 0.256 e. The molecule has 0 saturated carbocycles. The third-order valence-corrected chi connectivity index (χ3v) is 5.42. The van der Waals surface area contributed by atoms with Crippen molar-refractivity contribution in [2.75, 3.05) is 5.32 Å². The number of nitrogens with zero attached hydrogens (tertiary/aromatic N) is 2. The molecule has 2 amide bonds. The number of nitrogens with one attached hydrogen (secondary N) is 1. The van der Waals surface area contributed by atoms with Crippen LogP contribution in [0.5, 0.6) is 5.75 Å². The third kappa shape index (κ3) is 3.51. The Balaban J connectivity index is 1.79. The average Bonchev–Trinajstić information content (AvgIpc) is 3.34. The number of anilines is 1. The largest absolute Gasteiger partial charge is 0.508 e. The van der Waals surface area contributed by atoms with Crippen molar-refractivity contribution in [3.63, 3.8) is 0 Å².